The highest BCUT2D eigenvalue weighted by Gasteiger charge is 2.36. The van der Waals surface area contributed by atoms with Crippen LogP contribution in [0.25, 0.3) is 0 Å². The van der Waals surface area contributed by atoms with Gasteiger partial charge in [0, 0.05) is 18.3 Å². The van der Waals surface area contributed by atoms with Gasteiger partial charge in [0.2, 0.25) is 5.91 Å². The van der Waals surface area contributed by atoms with Crippen molar-refractivity contribution in [3.63, 3.8) is 0 Å². The summed E-state index contributed by atoms with van der Waals surface area (Å²) in [5.41, 5.74) is -0.139. The van der Waals surface area contributed by atoms with Crippen LogP contribution in [0.1, 0.15) is 24.0 Å². The lowest BCUT2D eigenvalue weighted by Crippen LogP contribution is -2.42. The Morgan fingerprint density at radius 2 is 1.77 bits per heavy atom. The minimum Gasteiger partial charge on any atom is -0.497 e. The Hall–Kier alpha value is -3.07. The van der Waals surface area contributed by atoms with Crippen LogP contribution in [0.15, 0.2) is 48.5 Å². The third-order valence-corrected chi connectivity index (χ3v) is 4.71. The van der Waals surface area contributed by atoms with E-state index >= 15 is 0 Å². The first-order valence-corrected chi connectivity index (χ1v) is 9.40. The van der Waals surface area contributed by atoms with Gasteiger partial charge in [-0.25, -0.2) is 4.79 Å². The average Bonchev–Trinajstić information content (AvgIpc) is 3.53. The van der Waals surface area contributed by atoms with Crippen LogP contribution < -0.4 is 15.4 Å². The molecule has 3 rings (SSSR count). The molecular formula is C21H22F3N3O3. The number of hydrogen-bond acceptors (Lipinski definition) is 4. The summed E-state index contributed by atoms with van der Waals surface area (Å²) in [5, 5.41) is 4.74. The largest absolute Gasteiger partial charge is 0.497 e. The number of rotatable bonds is 7. The average molecular weight is 421 g/mol. The zero-order valence-corrected chi connectivity index (χ0v) is 16.3. The molecule has 1 aliphatic carbocycles. The monoisotopic (exact) mass is 421 g/mol. The Balaban J connectivity index is 1.59. The number of carbonyl (C=O) groups excluding carboxylic acids is 2. The molecule has 0 heterocycles. The number of benzene rings is 2. The molecule has 1 fully saturated rings. The van der Waals surface area contributed by atoms with Gasteiger partial charge in [-0.3, -0.25) is 15.0 Å². The molecule has 0 bridgehead atoms. The van der Waals surface area contributed by atoms with Crippen LogP contribution in [0.5, 0.6) is 5.75 Å². The molecule has 0 radical (unpaired) electrons. The summed E-state index contributed by atoms with van der Waals surface area (Å²) in [6.07, 6.45) is -2.86. The van der Waals surface area contributed by atoms with E-state index in [9.17, 15) is 22.8 Å². The van der Waals surface area contributed by atoms with Crippen molar-refractivity contribution >= 4 is 17.6 Å². The molecule has 0 saturated heterocycles. The van der Waals surface area contributed by atoms with E-state index in [1.165, 1.54) is 25.3 Å². The van der Waals surface area contributed by atoms with Crippen molar-refractivity contribution in [2.24, 2.45) is 0 Å². The van der Waals surface area contributed by atoms with Crippen LogP contribution in [0.2, 0.25) is 0 Å². The van der Waals surface area contributed by atoms with Crippen molar-refractivity contribution in [3.8, 4) is 5.75 Å². The fraction of sp³-hybridized carbons (Fsp3) is 0.333. The first-order valence-electron chi connectivity index (χ1n) is 9.40. The molecule has 3 amide bonds. The summed E-state index contributed by atoms with van der Waals surface area (Å²) in [6, 6.07) is 11.2. The number of methoxy groups -OCH3 is 1. The van der Waals surface area contributed by atoms with Gasteiger partial charge in [0.1, 0.15) is 5.75 Å². The van der Waals surface area contributed by atoms with E-state index in [2.05, 4.69) is 10.6 Å². The lowest BCUT2D eigenvalue weighted by molar-refractivity contribution is -0.138. The first-order chi connectivity index (χ1) is 14.3. The van der Waals surface area contributed by atoms with Crippen LogP contribution >= 0.6 is 0 Å². The number of anilines is 1. The number of carbonyl (C=O) groups is 2. The van der Waals surface area contributed by atoms with Crippen LogP contribution in [0.4, 0.5) is 23.7 Å². The topological polar surface area (TPSA) is 70.7 Å². The highest BCUT2D eigenvalue weighted by molar-refractivity contribution is 6.01. The van der Waals surface area contributed by atoms with Crippen molar-refractivity contribution in [1.29, 1.82) is 0 Å². The van der Waals surface area contributed by atoms with Crippen LogP contribution in [-0.4, -0.2) is 36.5 Å². The molecule has 0 aromatic heterocycles. The van der Waals surface area contributed by atoms with Crippen LogP contribution in [0, 0.1) is 0 Å². The predicted molar refractivity (Wildman–Crippen MR) is 105 cm³/mol. The maximum atomic E-state index is 13.2. The number of imide groups is 1. The maximum absolute atomic E-state index is 13.2. The molecule has 0 aliphatic heterocycles. The molecule has 2 aromatic rings. The Morgan fingerprint density at radius 3 is 2.37 bits per heavy atom. The number of nitrogens with zero attached hydrogens (tertiary/aromatic N) is 1. The van der Waals surface area contributed by atoms with E-state index in [-0.39, 0.29) is 24.7 Å². The second kappa shape index (κ2) is 9.17. The Labute approximate surface area is 172 Å². The fourth-order valence-electron chi connectivity index (χ4n) is 3.09. The van der Waals surface area contributed by atoms with E-state index in [4.69, 9.17) is 4.74 Å². The first kappa shape index (κ1) is 21.6. The predicted octanol–water partition coefficient (Wildman–Crippen LogP) is 4.03. The number of halogens is 3. The molecular weight excluding hydrogens is 399 g/mol. The normalized spacial score (nSPS) is 13.8. The summed E-state index contributed by atoms with van der Waals surface area (Å²) in [4.78, 5) is 26.0. The SMILES string of the molecule is COc1ccc(NC(=O)NC(=O)CN(Cc2ccccc2C(F)(F)F)C2CC2)cc1. The second-order valence-corrected chi connectivity index (χ2v) is 7.02. The lowest BCUT2D eigenvalue weighted by Gasteiger charge is -2.23. The molecule has 9 heteroatoms. The van der Waals surface area contributed by atoms with Gasteiger partial charge in [0.05, 0.1) is 19.2 Å². The number of amides is 3. The van der Waals surface area contributed by atoms with Crippen molar-refractivity contribution < 1.29 is 27.5 Å². The molecule has 0 spiro atoms. The van der Waals surface area contributed by atoms with Crippen LogP contribution in [0.3, 0.4) is 0 Å². The van der Waals surface area contributed by atoms with Gasteiger partial charge in [0.25, 0.3) is 0 Å². The molecule has 160 valence electrons. The number of urea groups is 1. The highest BCUT2D eigenvalue weighted by Crippen LogP contribution is 2.34. The molecule has 1 aliphatic rings. The van der Waals surface area contributed by atoms with E-state index < -0.39 is 23.7 Å². The Bertz CT molecular complexity index is 896. The fourth-order valence-corrected chi connectivity index (χ4v) is 3.09. The summed E-state index contributed by atoms with van der Waals surface area (Å²) < 4.78 is 44.8. The van der Waals surface area contributed by atoms with Crippen molar-refractivity contribution in [3.05, 3.63) is 59.7 Å². The smallest absolute Gasteiger partial charge is 0.416 e. The van der Waals surface area contributed by atoms with Gasteiger partial charge in [-0.2, -0.15) is 13.2 Å². The Kier molecular flexibility index (Phi) is 6.61. The molecule has 1 saturated carbocycles. The molecule has 2 N–H and O–H groups in total. The van der Waals surface area contributed by atoms with Crippen molar-refractivity contribution in [1.82, 2.24) is 10.2 Å². The minimum absolute atomic E-state index is 0.0200. The molecule has 6 nitrogen and oxygen atoms in total. The molecule has 2 aromatic carbocycles. The summed E-state index contributed by atoms with van der Waals surface area (Å²) >= 11 is 0. The third kappa shape index (κ3) is 5.96. The second-order valence-electron chi connectivity index (χ2n) is 7.02. The van der Waals surface area contributed by atoms with Gasteiger partial charge >= 0.3 is 12.2 Å². The zero-order chi connectivity index (χ0) is 21.7. The summed E-state index contributed by atoms with van der Waals surface area (Å²) in [5.74, 6) is 0.0358. The van der Waals surface area contributed by atoms with Crippen molar-refractivity contribution in [2.75, 3.05) is 19.0 Å². The number of hydrogen-bond donors (Lipinski definition) is 2. The molecule has 30 heavy (non-hydrogen) atoms. The quantitative estimate of drug-likeness (QED) is 0.708. The minimum atomic E-state index is -4.47. The summed E-state index contributed by atoms with van der Waals surface area (Å²) in [7, 11) is 1.52. The number of nitrogens with one attached hydrogen (secondary N) is 2. The van der Waals surface area contributed by atoms with Gasteiger partial charge in [0.15, 0.2) is 0 Å². The Morgan fingerprint density at radius 1 is 1.10 bits per heavy atom. The van der Waals surface area contributed by atoms with E-state index in [0.29, 0.717) is 11.4 Å². The third-order valence-electron chi connectivity index (χ3n) is 4.71. The molecule has 0 atom stereocenters. The van der Waals surface area contributed by atoms with Crippen LogP contribution in [-0.2, 0) is 17.5 Å². The standard InChI is InChI=1S/C21H22F3N3O3/c1-30-17-10-6-15(7-11-17)25-20(29)26-19(28)13-27(16-8-9-16)12-14-4-2-3-5-18(14)21(22,23)24/h2-7,10-11,16H,8-9,12-13H2,1H3,(H2,25,26,28,29). The molecule has 0 unspecified atom stereocenters. The summed E-state index contributed by atoms with van der Waals surface area (Å²) in [6.45, 7) is -0.194. The van der Waals surface area contributed by atoms with E-state index in [1.807, 2.05) is 0 Å². The number of ether oxygens (including phenoxy) is 1. The number of alkyl halides is 3. The maximum Gasteiger partial charge on any atom is 0.416 e. The van der Waals surface area contributed by atoms with Gasteiger partial charge in [-0.15, -0.1) is 0 Å². The van der Waals surface area contributed by atoms with Gasteiger partial charge < -0.3 is 10.1 Å². The van der Waals surface area contributed by atoms with Gasteiger partial charge in [-0.05, 0) is 48.7 Å². The van der Waals surface area contributed by atoms with E-state index in [0.717, 1.165) is 18.9 Å². The van der Waals surface area contributed by atoms with Crippen molar-refractivity contribution in [2.45, 2.75) is 31.6 Å². The lowest BCUT2D eigenvalue weighted by atomic mass is 10.1. The van der Waals surface area contributed by atoms with E-state index in [1.54, 1.807) is 29.2 Å². The zero-order valence-electron chi connectivity index (χ0n) is 16.3. The van der Waals surface area contributed by atoms with Gasteiger partial charge in [-0.1, -0.05) is 18.2 Å². The highest BCUT2D eigenvalue weighted by atomic mass is 19.4.